The fourth-order valence-electron chi connectivity index (χ4n) is 4.01. The van der Waals surface area contributed by atoms with E-state index in [1.807, 2.05) is 13.0 Å². The molecule has 2 heterocycles. The van der Waals surface area contributed by atoms with Gasteiger partial charge in [-0.2, -0.15) is 4.52 Å². The molecule has 0 aliphatic heterocycles. The second kappa shape index (κ2) is 9.46. The van der Waals surface area contributed by atoms with Crippen molar-refractivity contribution in [2.45, 2.75) is 43.5 Å². The Morgan fingerprint density at radius 3 is 2.18 bits per heavy atom. The lowest BCUT2D eigenvalue weighted by Gasteiger charge is -2.24. The molecule has 180 valence electrons. The fraction of sp³-hybridized carbons (Fsp3) is 0.375. The van der Waals surface area contributed by atoms with E-state index < -0.39 is 9.84 Å². The topological polar surface area (TPSA) is 98.9 Å². The zero-order chi connectivity index (χ0) is 24.5. The molecule has 0 fully saturated rings. The van der Waals surface area contributed by atoms with Crippen molar-refractivity contribution >= 4 is 32.2 Å². The number of sulfone groups is 1. The smallest absolute Gasteiger partial charge is 0.229 e. The molecule has 2 aromatic heterocycles. The van der Waals surface area contributed by atoms with Crippen LogP contribution in [0, 0.1) is 6.92 Å². The van der Waals surface area contributed by atoms with Gasteiger partial charge in [0.1, 0.15) is 5.82 Å². The zero-order valence-electron chi connectivity index (χ0n) is 20.1. The summed E-state index contributed by atoms with van der Waals surface area (Å²) >= 11 is 0. The second-order valence-corrected chi connectivity index (χ2v) is 9.96. The molecule has 4 rings (SSSR count). The molecule has 0 N–H and O–H groups in total. The van der Waals surface area contributed by atoms with Gasteiger partial charge in [0.2, 0.25) is 14.9 Å². The van der Waals surface area contributed by atoms with Gasteiger partial charge in [0, 0.05) is 24.5 Å². The van der Waals surface area contributed by atoms with Crippen molar-refractivity contribution in [1.29, 1.82) is 0 Å². The molecular weight excluding hydrogens is 454 g/mol. The summed E-state index contributed by atoms with van der Waals surface area (Å²) in [5.41, 5.74) is 1.77. The number of aromatic nitrogens is 4. The maximum absolute atomic E-state index is 13.5. The average Bonchev–Trinajstić information content (AvgIpc) is 3.28. The van der Waals surface area contributed by atoms with Crippen LogP contribution in [0.15, 0.2) is 46.3 Å². The van der Waals surface area contributed by atoms with Gasteiger partial charge in [-0.3, -0.25) is 0 Å². The van der Waals surface area contributed by atoms with Crippen LogP contribution in [0.5, 0.6) is 11.5 Å². The van der Waals surface area contributed by atoms with Crippen molar-refractivity contribution in [2.24, 2.45) is 0 Å². The van der Waals surface area contributed by atoms with Crippen LogP contribution in [0.25, 0.3) is 16.6 Å². The molecule has 0 spiro atoms. The van der Waals surface area contributed by atoms with E-state index in [-0.39, 0.29) is 15.6 Å². The molecule has 0 saturated heterocycles. The van der Waals surface area contributed by atoms with E-state index >= 15 is 0 Å². The van der Waals surface area contributed by atoms with Crippen LogP contribution in [0.3, 0.4) is 0 Å². The lowest BCUT2D eigenvalue weighted by molar-refractivity contribution is 0.355. The van der Waals surface area contributed by atoms with Crippen LogP contribution in [0.1, 0.15) is 32.3 Å². The molecule has 0 amide bonds. The molecule has 34 heavy (non-hydrogen) atoms. The van der Waals surface area contributed by atoms with Gasteiger partial charge in [-0.05, 0) is 38.0 Å². The normalized spacial score (nSPS) is 11.8. The summed E-state index contributed by atoms with van der Waals surface area (Å²) in [7, 11) is -0.805. The number of aryl methyl sites for hydroxylation is 1. The third-order valence-corrected chi connectivity index (χ3v) is 7.34. The first-order valence-electron chi connectivity index (χ1n) is 11.2. The number of hydrogen-bond acceptors (Lipinski definition) is 8. The van der Waals surface area contributed by atoms with Crippen molar-refractivity contribution in [3.8, 4) is 11.5 Å². The van der Waals surface area contributed by atoms with Gasteiger partial charge in [-0.15, -0.1) is 5.10 Å². The van der Waals surface area contributed by atoms with E-state index in [4.69, 9.17) is 14.5 Å². The molecule has 2 aromatic carbocycles. The number of ether oxygens (including phenoxy) is 2. The average molecular weight is 484 g/mol. The molecule has 0 unspecified atom stereocenters. The van der Waals surface area contributed by atoms with E-state index in [1.165, 1.54) is 4.52 Å². The first kappa shape index (κ1) is 23.7. The van der Waals surface area contributed by atoms with Crippen molar-refractivity contribution in [1.82, 2.24) is 19.8 Å². The first-order chi connectivity index (χ1) is 16.3. The van der Waals surface area contributed by atoms with E-state index in [0.717, 1.165) is 36.9 Å². The van der Waals surface area contributed by atoms with Gasteiger partial charge in [0.15, 0.2) is 17.1 Å². The Hall–Kier alpha value is -3.40. The summed E-state index contributed by atoms with van der Waals surface area (Å²) in [5, 5.41) is 8.86. The summed E-state index contributed by atoms with van der Waals surface area (Å²) in [5.74, 6) is 1.72. The predicted octanol–water partition coefficient (Wildman–Crippen LogP) is 4.06. The lowest BCUT2D eigenvalue weighted by atomic mass is 10.2. The molecular formula is C24H29N5O4S. The molecule has 0 atom stereocenters. The van der Waals surface area contributed by atoms with E-state index in [0.29, 0.717) is 22.8 Å². The summed E-state index contributed by atoms with van der Waals surface area (Å²) in [4.78, 5) is 7.13. The highest BCUT2D eigenvalue weighted by Gasteiger charge is 2.28. The molecule has 0 aliphatic carbocycles. The first-order valence-corrected chi connectivity index (χ1v) is 12.7. The van der Waals surface area contributed by atoms with Crippen LogP contribution in [0.2, 0.25) is 0 Å². The Morgan fingerprint density at radius 1 is 0.971 bits per heavy atom. The van der Waals surface area contributed by atoms with Crippen LogP contribution >= 0.6 is 0 Å². The Morgan fingerprint density at radius 2 is 1.59 bits per heavy atom. The minimum absolute atomic E-state index is 0.148. The van der Waals surface area contributed by atoms with Crippen LogP contribution in [0.4, 0.5) is 5.82 Å². The van der Waals surface area contributed by atoms with Gasteiger partial charge in [0.25, 0.3) is 0 Å². The predicted molar refractivity (Wildman–Crippen MR) is 131 cm³/mol. The monoisotopic (exact) mass is 483 g/mol. The van der Waals surface area contributed by atoms with Gasteiger partial charge >= 0.3 is 0 Å². The zero-order valence-corrected chi connectivity index (χ0v) is 20.9. The quantitative estimate of drug-likeness (QED) is 0.351. The largest absolute Gasteiger partial charge is 0.493 e. The number of fused-ring (bicyclic) bond motifs is 3. The SMILES string of the molecule is CCCN(CCC)c1nc2c(S(=O)(=O)c3ccc(C)cc3)nnn2c2cc(OC)c(OC)cc12. The third kappa shape index (κ3) is 4.02. The number of anilines is 1. The summed E-state index contributed by atoms with van der Waals surface area (Å²) in [6.45, 7) is 7.63. The Balaban J connectivity index is 2.06. The minimum atomic E-state index is -3.93. The summed E-state index contributed by atoms with van der Waals surface area (Å²) in [6, 6.07) is 10.3. The lowest BCUT2D eigenvalue weighted by Crippen LogP contribution is -2.26. The van der Waals surface area contributed by atoms with Gasteiger partial charge in [0.05, 0.1) is 24.6 Å². The van der Waals surface area contributed by atoms with E-state index in [1.54, 1.807) is 44.6 Å². The molecule has 4 aromatic rings. The number of hydrogen-bond donors (Lipinski definition) is 0. The van der Waals surface area contributed by atoms with Gasteiger partial charge < -0.3 is 14.4 Å². The Bertz CT molecular complexity index is 1430. The van der Waals surface area contributed by atoms with Gasteiger partial charge in [-0.1, -0.05) is 36.8 Å². The molecule has 0 radical (unpaired) electrons. The maximum Gasteiger partial charge on any atom is 0.229 e. The summed E-state index contributed by atoms with van der Waals surface area (Å²) in [6.07, 6.45) is 1.82. The van der Waals surface area contributed by atoms with E-state index in [9.17, 15) is 8.42 Å². The highest BCUT2D eigenvalue weighted by molar-refractivity contribution is 7.91. The molecule has 10 heteroatoms. The number of nitrogens with zero attached hydrogens (tertiary/aromatic N) is 5. The van der Waals surface area contributed by atoms with E-state index in [2.05, 4.69) is 29.1 Å². The van der Waals surface area contributed by atoms with Crippen LogP contribution in [-0.2, 0) is 9.84 Å². The highest BCUT2D eigenvalue weighted by Crippen LogP contribution is 2.37. The molecule has 0 aliphatic rings. The fourth-order valence-corrected chi connectivity index (χ4v) is 5.25. The number of methoxy groups -OCH3 is 2. The van der Waals surface area contributed by atoms with Crippen molar-refractivity contribution in [3.05, 3.63) is 42.0 Å². The number of benzene rings is 2. The van der Waals surface area contributed by atoms with Crippen LogP contribution in [-0.4, -0.2) is 55.5 Å². The Labute approximate surface area is 199 Å². The van der Waals surface area contributed by atoms with Crippen LogP contribution < -0.4 is 14.4 Å². The van der Waals surface area contributed by atoms with Gasteiger partial charge in [-0.25, -0.2) is 13.4 Å². The van der Waals surface area contributed by atoms with Crippen molar-refractivity contribution < 1.29 is 17.9 Å². The van der Waals surface area contributed by atoms with Crippen molar-refractivity contribution in [2.75, 3.05) is 32.2 Å². The molecule has 9 nitrogen and oxygen atoms in total. The Kier molecular flexibility index (Phi) is 6.60. The summed E-state index contributed by atoms with van der Waals surface area (Å²) < 4.78 is 39.5. The molecule has 0 saturated carbocycles. The standard InChI is InChI=1S/C24H29N5O4S/c1-6-12-28(13-7-2)22-18-14-20(32-4)21(33-5)15-19(18)29-23(25-22)24(26-27-29)34(30,31)17-10-8-16(3)9-11-17/h8-11,14-15H,6-7,12-13H2,1-5H3. The number of rotatable bonds is 9. The second-order valence-electron chi connectivity index (χ2n) is 8.09. The maximum atomic E-state index is 13.5. The highest BCUT2D eigenvalue weighted by atomic mass is 32.2. The third-order valence-electron chi connectivity index (χ3n) is 5.67. The molecule has 0 bridgehead atoms. The van der Waals surface area contributed by atoms with Crippen molar-refractivity contribution in [3.63, 3.8) is 0 Å². The minimum Gasteiger partial charge on any atom is -0.493 e.